The maximum atomic E-state index is 13.5. The van der Waals surface area contributed by atoms with Crippen LogP contribution in [0.1, 0.15) is 33.3 Å². The molecular formula is C32H20Br3Cl2N3O6. The lowest BCUT2D eigenvalue weighted by molar-refractivity contribution is -0.132. The van der Waals surface area contributed by atoms with E-state index in [0.29, 0.717) is 46.6 Å². The van der Waals surface area contributed by atoms with Crippen molar-refractivity contribution in [2.24, 2.45) is 5.10 Å². The predicted octanol–water partition coefficient (Wildman–Crippen LogP) is 9.35. The van der Waals surface area contributed by atoms with Crippen LogP contribution in [0.25, 0.3) is 22.0 Å². The van der Waals surface area contributed by atoms with Gasteiger partial charge in [0.15, 0.2) is 17.2 Å². The third-order valence-corrected chi connectivity index (χ3v) is 8.58. The number of halogens is 5. The number of amides is 1. The van der Waals surface area contributed by atoms with Gasteiger partial charge in [0.05, 0.1) is 33.9 Å². The summed E-state index contributed by atoms with van der Waals surface area (Å²) in [6.07, 6.45) is 1.34. The van der Waals surface area contributed by atoms with Crippen LogP contribution in [0.2, 0.25) is 10.0 Å². The summed E-state index contributed by atoms with van der Waals surface area (Å²) in [5.41, 5.74) is 4.94. The number of hydrazone groups is 1. The molecule has 5 rings (SSSR count). The predicted molar refractivity (Wildman–Crippen MR) is 188 cm³/mol. The molecule has 0 fully saturated rings. The average molecular weight is 853 g/mol. The molecule has 0 saturated heterocycles. The van der Waals surface area contributed by atoms with E-state index in [9.17, 15) is 14.4 Å². The molecular weight excluding hydrogens is 833 g/mol. The Balaban J connectivity index is 1.45. The summed E-state index contributed by atoms with van der Waals surface area (Å²) in [5.74, 6) is -1.37. The summed E-state index contributed by atoms with van der Waals surface area (Å²) < 4.78 is 17.9. The van der Waals surface area contributed by atoms with Gasteiger partial charge in [-0.3, -0.25) is 9.59 Å². The number of methoxy groups -OCH3 is 1. The zero-order valence-corrected chi connectivity index (χ0v) is 30.0. The van der Waals surface area contributed by atoms with Gasteiger partial charge in [0.2, 0.25) is 0 Å². The molecule has 46 heavy (non-hydrogen) atoms. The molecule has 234 valence electrons. The van der Waals surface area contributed by atoms with Gasteiger partial charge in [0.25, 0.3) is 5.91 Å². The SMILES string of the molecule is COc1cc(C(=O)Oc2c(Br)cc(Br)cc2C=NNC(=O)c2[nH]c3c(Cl)cc(Br)cc3c2-c2ccccc2Cl)ccc1OC(C)=O. The second-order valence-electron chi connectivity index (χ2n) is 9.52. The number of nitrogens with one attached hydrogen (secondary N) is 2. The van der Waals surface area contributed by atoms with Gasteiger partial charge in [0.1, 0.15) is 5.69 Å². The van der Waals surface area contributed by atoms with Crippen LogP contribution in [0, 0.1) is 0 Å². The number of ether oxygens (including phenoxy) is 3. The Bertz CT molecular complexity index is 2070. The minimum Gasteiger partial charge on any atom is -0.493 e. The smallest absolute Gasteiger partial charge is 0.343 e. The molecule has 0 aliphatic rings. The second-order valence-corrected chi connectivity index (χ2v) is 13.0. The van der Waals surface area contributed by atoms with Gasteiger partial charge in [-0.25, -0.2) is 10.2 Å². The number of benzene rings is 4. The Hall–Kier alpha value is -3.68. The molecule has 1 aromatic heterocycles. The van der Waals surface area contributed by atoms with Crippen LogP contribution >= 0.6 is 71.0 Å². The van der Waals surface area contributed by atoms with Crippen molar-refractivity contribution in [1.82, 2.24) is 10.4 Å². The highest BCUT2D eigenvalue weighted by molar-refractivity contribution is 9.11. The summed E-state index contributed by atoms with van der Waals surface area (Å²) in [5, 5.41) is 5.69. The van der Waals surface area contributed by atoms with E-state index in [1.54, 1.807) is 36.4 Å². The molecule has 1 amide bonds. The monoisotopic (exact) mass is 849 g/mol. The minimum atomic E-state index is -0.722. The maximum Gasteiger partial charge on any atom is 0.343 e. The number of hydrogen-bond acceptors (Lipinski definition) is 7. The van der Waals surface area contributed by atoms with Crippen LogP contribution in [-0.4, -0.2) is 36.2 Å². The first-order valence-electron chi connectivity index (χ1n) is 13.1. The lowest BCUT2D eigenvalue weighted by Crippen LogP contribution is -2.19. The molecule has 4 aromatic carbocycles. The lowest BCUT2D eigenvalue weighted by atomic mass is 10.0. The fourth-order valence-electron chi connectivity index (χ4n) is 4.52. The van der Waals surface area contributed by atoms with E-state index in [1.165, 1.54) is 38.4 Å². The van der Waals surface area contributed by atoms with Crippen LogP contribution in [-0.2, 0) is 4.79 Å². The van der Waals surface area contributed by atoms with E-state index in [-0.39, 0.29) is 28.5 Å². The summed E-state index contributed by atoms with van der Waals surface area (Å²) in [6.45, 7) is 1.25. The van der Waals surface area contributed by atoms with Gasteiger partial charge in [-0.1, -0.05) is 73.3 Å². The molecule has 0 unspecified atom stereocenters. The number of hydrogen-bond donors (Lipinski definition) is 2. The molecule has 0 atom stereocenters. The van der Waals surface area contributed by atoms with Crippen molar-refractivity contribution >= 4 is 106 Å². The zero-order valence-electron chi connectivity index (χ0n) is 23.7. The highest BCUT2D eigenvalue weighted by atomic mass is 79.9. The normalized spacial score (nSPS) is 11.1. The Morgan fingerprint density at radius 3 is 2.35 bits per heavy atom. The van der Waals surface area contributed by atoms with Crippen molar-refractivity contribution in [1.29, 1.82) is 0 Å². The number of rotatable bonds is 8. The minimum absolute atomic E-state index is 0.133. The fraction of sp³-hybridized carbons (Fsp3) is 0.0625. The lowest BCUT2D eigenvalue weighted by Gasteiger charge is -2.12. The standard InChI is InChI=1S/C32H20Br3Cl2N3O6/c1-15(41)45-25-8-7-16(10-26(25)44-2)32(43)46-30-17(9-18(33)12-22(30)35)14-38-40-31(42)29-27(20-5-3-4-6-23(20)36)21-11-19(34)13-24(37)28(21)39-29/h3-14,39H,1-2H3,(H,40,42). The molecule has 14 heteroatoms. The molecule has 5 aromatic rings. The van der Waals surface area contributed by atoms with Gasteiger partial charge < -0.3 is 19.2 Å². The summed E-state index contributed by atoms with van der Waals surface area (Å²) in [7, 11) is 1.38. The van der Waals surface area contributed by atoms with Crippen molar-refractivity contribution in [2.45, 2.75) is 6.92 Å². The van der Waals surface area contributed by atoms with E-state index in [2.05, 4.69) is 63.3 Å². The molecule has 0 spiro atoms. The van der Waals surface area contributed by atoms with Crippen molar-refractivity contribution in [3.63, 3.8) is 0 Å². The number of carbonyl (C=O) groups is 3. The van der Waals surface area contributed by atoms with Crippen molar-refractivity contribution in [2.75, 3.05) is 7.11 Å². The molecule has 0 bridgehead atoms. The Kier molecular flexibility index (Phi) is 10.5. The van der Waals surface area contributed by atoms with Gasteiger partial charge in [-0.05, 0) is 64.5 Å². The van der Waals surface area contributed by atoms with Gasteiger partial charge in [-0.2, -0.15) is 5.10 Å². The third kappa shape index (κ3) is 7.31. The number of nitrogens with zero attached hydrogens (tertiary/aromatic N) is 1. The van der Waals surface area contributed by atoms with Crippen LogP contribution < -0.4 is 19.6 Å². The Morgan fingerprint density at radius 1 is 0.891 bits per heavy atom. The molecule has 2 N–H and O–H groups in total. The first kappa shape index (κ1) is 33.7. The van der Waals surface area contributed by atoms with Crippen LogP contribution in [0.5, 0.6) is 17.2 Å². The van der Waals surface area contributed by atoms with E-state index >= 15 is 0 Å². The number of aromatic nitrogens is 1. The van der Waals surface area contributed by atoms with Gasteiger partial charge >= 0.3 is 11.9 Å². The van der Waals surface area contributed by atoms with Crippen LogP contribution in [0.4, 0.5) is 0 Å². The Labute approximate surface area is 297 Å². The second kappa shape index (κ2) is 14.4. The highest BCUT2D eigenvalue weighted by Gasteiger charge is 2.23. The van der Waals surface area contributed by atoms with E-state index in [1.807, 2.05) is 12.1 Å². The molecule has 0 saturated carbocycles. The number of esters is 2. The van der Waals surface area contributed by atoms with Crippen molar-refractivity contribution in [3.05, 3.63) is 107 Å². The van der Waals surface area contributed by atoms with E-state index < -0.39 is 17.8 Å². The highest BCUT2D eigenvalue weighted by Crippen LogP contribution is 2.40. The van der Waals surface area contributed by atoms with Gasteiger partial charge in [-0.15, -0.1) is 0 Å². The van der Waals surface area contributed by atoms with E-state index in [4.69, 9.17) is 37.4 Å². The largest absolute Gasteiger partial charge is 0.493 e. The third-order valence-electron chi connectivity index (χ3n) is 6.45. The summed E-state index contributed by atoms with van der Waals surface area (Å²) in [4.78, 5) is 41.2. The fourth-order valence-corrected chi connectivity index (χ4v) is 6.95. The first-order valence-corrected chi connectivity index (χ1v) is 16.3. The molecule has 0 aliphatic heterocycles. The zero-order chi connectivity index (χ0) is 33.1. The van der Waals surface area contributed by atoms with Gasteiger partial charge in [0, 0.05) is 43.0 Å². The average Bonchev–Trinajstić information content (AvgIpc) is 3.38. The topological polar surface area (TPSA) is 119 Å². The van der Waals surface area contributed by atoms with E-state index in [0.717, 1.165) is 4.47 Å². The maximum absolute atomic E-state index is 13.5. The van der Waals surface area contributed by atoms with Crippen molar-refractivity contribution < 1.29 is 28.6 Å². The van der Waals surface area contributed by atoms with Crippen molar-refractivity contribution in [3.8, 4) is 28.4 Å². The molecule has 0 aliphatic carbocycles. The summed E-state index contributed by atoms with van der Waals surface area (Å²) >= 11 is 23.4. The quantitative estimate of drug-likeness (QED) is 0.0696. The number of carbonyl (C=O) groups excluding carboxylic acids is 3. The number of H-pyrrole nitrogens is 1. The van der Waals surface area contributed by atoms with Crippen LogP contribution in [0.15, 0.2) is 85.2 Å². The molecule has 1 heterocycles. The molecule has 0 radical (unpaired) electrons. The Morgan fingerprint density at radius 2 is 1.63 bits per heavy atom. The van der Waals surface area contributed by atoms with Crippen LogP contribution in [0.3, 0.4) is 0 Å². The summed E-state index contributed by atoms with van der Waals surface area (Å²) in [6, 6.07) is 18.3. The number of fused-ring (bicyclic) bond motifs is 1. The number of aromatic amines is 1. The first-order chi connectivity index (χ1) is 22.0. The molecule has 9 nitrogen and oxygen atoms in total.